The van der Waals surface area contributed by atoms with Gasteiger partial charge in [-0.05, 0) is 51.3 Å². The summed E-state index contributed by atoms with van der Waals surface area (Å²) in [6.07, 6.45) is 10.5. The minimum Gasteiger partial charge on any atom is -0.337 e. The van der Waals surface area contributed by atoms with Crippen molar-refractivity contribution in [3.63, 3.8) is 0 Å². The number of nitrogens with zero attached hydrogens (tertiary/aromatic N) is 5. The molecule has 2 aromatic rings. The summed E-state index contributed by atoms with van der Waals surface area (Å²) in [5.74, 6) is 1.03. The summed E-state index contributed by atoms with van der Waals surface area (Å²) in [7, 11) is 0. The highest BCUT2D eigenvalue weighted by atomic mass is 16.1. The average molecular weight is 410 g/mol. The van der Waals surface area contributed by atoms with Gasteiger partial charge in [0.25, 0.3) is 5.56 Å². The lowest BCUT2D eigenvalue weighted by Crippen LogP contribution is -2.47. The number of hydrogen-bond acceptors (Lipinski definition) is 4. The zero-order valence-corrected chi connectivity index (χ0v) is 18.3. The maximum Gasteiger partial charge on any atom is 0.255 e. The molecule has 0 unspecified atom stereocenters. The Morgan fingerprint density at radius 3 is 2.60 bits per heavy atom. The maximum absolute atomic E-state index is 13.3. The van der Waals surface area contributed by atoms with E-state index >= 15 is 0 Å². The Morgan fingerprint density at radius 1 is 1.00 bits per heavy atom. The monoisotopic (exact) mass is 409 g/mol. The lowest BCUT2D eigenvalue weighted by Gasteiger charge is -2.42. The Balaban J connectivity index is 1.31. The van der Waals surface area contributed by atoms with E-state index in [2.05, 4.69) is 49.2 Å². The van der Waals surface area contributed by atoms with E-state index in [9.17, 15) is 4.79 Å². The number of likely N-dealkylation sites (tertiary alicyclic amines) is 2. The molecule has 162 valence electrons. The molecular weight excluding hydrogens is 374 g/mol. The van der Waals surface area contributed by atoms with Gasteiger partial charge in [0, 0.05) is 62.6 Å². The van der Waals surface area contributed by atoms with E-state index in [1.807, 2.05) is 6.33 Å². The molecule has 0 amide bonds. The van der Waals surface area contributed by atoms with Gasteiger partial charge in [-0.25, -0.2) is 4.98 Å². The third kappa shape index (κ3) is 4.12. The predicted molar refractivity (Wildman–Crippen MR) is 118 cm³/mol. The molecule has 2 aromatic heterocycles. The summed E-state index contributed by atoms with van der Waals surface area (Å²) in [5, 5.41) is 0. The van der Waals surface area contributed by atoms with Gasteiger partial charge in [-0.3, -0.25) is 14.6 Å². The first kappa shape index (κ1) is 20.0. The molecule has 3 aliphatic heterocycles. The quantitative estimate of drug-likeness (QED) is 0.762. The van der Waals surface area contributed by atoms with Gasteiger partial charge >= 0.3 is 0 Å². The molecule has 2 fully saturated rings. The van der Waals surface area contributed by atoms with Crippen LogP contribution in [0.25, 0.3) is 0 Å². The Labute approximate surface area is 179 Å². The number of pyridine rings is 1. The van der Waals surface area contributed by atoms with Crippen LogP contribution in [0.15, 0.2) is 29.5 Å². The van der Waals surface area contributed by atoms with Crippen LogP contribution in [0.3, 0.4) is 0 Å². The number of aromatic nitrogens is 3. The molecule has 3 aliphatic rings. The van der Waals surface area contributed by atoms with Crippen LogP contribution < -0.4 is 5.56 Å². The third-order valence-electron chi connectivity index (χ3n) is 7.29. The fourth-order valence-corrected chi connectivity index (χ4v) is 5.76. The molecule has 2 bridgehead atoms. The van der Waals surface area contributed by atoms with Crippen molar-refractivity contribution in [3.8, 4) is 0 Å². The second kappa shape index (κ2) is 8.67. The molecule has 2 saturated heterocycles. The highest BCUT2D eigenvalue weighted by molar-refractivity contribution is 5.22. The first-order valence-electron chi connectivity index (χ1n) is 11.9. The van der Waals surface area contributed by atoms with Crippen molar-refractivity contribution in [1.29, 1.82) is 0 Å². The summed E-state index contributed by atoms with van der Waals surface area (Å²) >= 11 is 0. The van der Waals surface area contributed by atoms with E-state index in [0.717, 1.165) is 63.6 Å². The molecule has 6 heteroatoms. The summed E-state index contributed by atoms with van der Waals surface area (Å²) in [6.45, 7) is 10.1. The van der Waals surface area contributed by atoms with Crippen LogP contribution >= 0.6 is 0 Å². The van der Waals surface area contributed by atoms with E-state index in [1.54, 1.807) is 0 Å². The van der Waals surface area contributed by atoms with Gasteiger partial charge in [-0.1, -0.05) is 18.9 Å². The van der Waals surface area contributed by atoms with Crippen LogP contribution in [0.4, 0.5) is 0 Å². The van der Waals surface area contributed by atoms with Gasteiger partial charge < -0.3 is 9.13 Å². The van der Waals surface area contributed by atoms with Gasteiger partial charge in [0.2, 0.25) is 0 Å². The summed E-state index contributed by atoms with van der Waals surface area (Å²) < 4.78 is 4.26. The first-order chi connectivity index (χ1) is 14.7. The summed E-state index contributed by atoms with van der Waals surface area (Å²) in [4.78, 5) is 22.9. The largest absolute Gasteiger partial charge is 0.337 e. The Kier molecular flexibility index (Phi) is 5.79. The van der Waals surface area contributed by atoms with Gasteiger partial charge in [0.15, 0.2) is 0 Å². The SMILES string of the molecule is CCn1cnc(CN2C[C@@H]3C[C@H](C2)c2ccc(CN4CCCCCC4)c(=O)n2C3)c1. The number of piperidine rings is 1. The molecular formula is C24H35N5O. The zero-order valence-electron chi connectivity index (χ0n) is 18.3. The smallest absolute Gasteiger partial charge is 0.255 e. The van der Waals surface area contributed by atoms with Crippen LogP contribution in [0.1, 0.15) is 61.9 Å². The molecule has 0 saturated carbocycles. The lowest BCUT2D eigenvalue weighted by atomic mass is 9.83. The van der Waals surface area contributed by atoms with Crippen molar-refractivity contribution < 1.29 is 0 Å². The molecule has 2 atom stereocenters. The number of imidazole rings is 1. The number of aryl methyl sites for hydroxylation is 1. The summed E-state index contributed by atoms with van der Waals surface area (Å²) in [6, 6.07) is 4.38. The molecule has 0 radical (unpaired) electrons. The van der Waals surface area contributed by atoms with Gasteiger partial charge in [-0.2, -0.15) is 0 Å². The van der Waals surface area contributed by atoms with Crippen LogP contribution in [-0.4, -0.2) is 50.1 Å². The predicted octanol–water partition coefficient (Wildman–Crippen LogP) is 3.06. The molecule has 30 heavy (non-hydrogen) atoms. The van der Waals surface area contributed by atoms with Crippen molar-refractivity contribution in [3.05, 3.63) is 52.0 Å². The van der Waals surface area contributed by atoms with E-state index < -0.39 is 0 Å². The van der Waals surface area contributed by atoms with Crippen molar-refractivity contribution >= 4 is 0 Å². The number of fused-ring (bicyclic) bond motifs is 4. The van der Waals surface area contributed by atoms with Crippen LogP contribution in [0.5, 0.6) is 0 Å². The minimum absolute atomic E-state index is 0.265. The van der Waals surface area contributed by atoms with E-state index in [-0.39, 0.29) is 5.56 Å². The Hall–Kier alpha value is -1.92. The van der Waals surface area contributed by atoms with Crippen molar-refractivity contribution in [1.82, 2.24) is 23.9 Å². The molecule has 0 spiro atoms. The van der Waals surface area contributed by atoms with Crippen LogP contribution in [-0.2, 0) is 26.2 Å². The molecule has 0 aliphatic carbocycles. The number of hydrogen-bond donors (Lipinski definition) is 0. The molecule has 5 rings (SSSR count). The third-order valence-corrected chi connectivity index (χ3v) is 7.29. The maximum atomic E-state index is 13.3. The fourth-order valence-electron chi connectivity index (χ4n) is 5.76. The highest BCUT2D eigenvalue weighted by Gasteiger charge is 2.35. The van der Waals surface area contributed by atoms with Gasteiger partial charge in [0.1, 0.15) is 0 Å². The van der Waals surface area contributed by atoms with E-state index in [0.29, 0.717) is 11.8 Å². The van der Waals surface area contributed by atoms with Crippen molar-refractivity contribution in [2.75, 3.05) is 26.2 Å². The van der Waals surface area contributed by atoms with E-state index in [1.165, 1.54) is 37.8 Å². The van der Waals surface area contributed by atoms with Gasteiger partial charge in [-0.15, -0.1) is 0 Å². The second-order valence-corrected chi connectivity index (χ2v) is 9.58. The van der Waals surface area contributed by atoms with Crippen molar-refractivity contribution in [2.45, 2.75) is 71.1 Å². The fraction of sp³-hybridized carbons (Fsp3) is 0.667. The molecule has 0 aromatic carbocycles. The topological polar surface area (TPSA) is 46.3 Å². The highest BCUT2D eigenvalue weighted by Crippen LogP contribution is 2.35. The minimum atomic E-state index is 0.265. The first-order valence-corrected chi connectivity index (χ1v) is 11.9. The Bertz CT molecular complexity index is 924. The second-order valence-electron chi connectivity index (χ2n) is 9.58. The van der Waals surface area contributed by atoms with Gasteiger partial charge in [0.05, 0.1) is 12.0 Å². The zero-order chi connectivity index (χ0) is 20.5. The normalized spacial score (nSPS) is 25.1. The Morgan fingerprint density at radius 2 is 1.83 bits per heavy atom. The number of rotatable bonds is 5. The van der Waals surface area contributed by atoms with E-state index in [4.69, 9.17) is 0 Å². The lowest BCUT2D eigenvalue weighted by molar-refractivity contribution is 0.113. The standard InChI is InChI=1S/C24H35N5O/c1-2-26-16-22(25-18-26)17-28-12-19-11-21(15-28)23-8-7-20(24(30)29(23)13-19)14-27-9-5-3-4-6-10-27/h7-8,16,18-19,21H,2-6,9-15,17H2,1H3/t19-,21+/m0/s1. The molecule has 0 N–H and O–H groups in total. The summed E-state index contributed by atoms with van der Waals surface area (Å²) in [5.41, 5.74) is 3.66. The molecule has 5 heterocycles. The van der Waals surface area contributed by atoms with Crippen LogP contribution in [0.2, 0.25) is 0 Å². The van der Waals surface area contributed by atoms with Crippen LogP contribution in [0, 0.1) is 5.92 Å². The molecule has 6 nitrogen and oxygen atoms in total. The average Bonchev–Trinajstić information content (AvgIpc) is 3.04. The van der Waals surface area contributed by atoms with Crippen molar-refractivity contribution in [2.24, 2.45) is 5.92 Å².